The Labute approximate surface area is 231 Å². The van der Waals surface area contributed by atoms with Crippen molar-refractivity contribution in [3.63, 3.8) is 0 Å². The van der Waals surface area contributed by atoms with Gasteiger partial charge in [0.2, 0.25) is 11.8 Å². The smallest absolute Gasteiger partial charge is 0.312 e. The van der Waals surface area contributed by atoms with Gasteiger partial charge in [0.1, 0.15) is 17.6 Å². The number of aliphatic hydroxyl groups excluding tert-OH is 1. The van der Waals surface area contributed by atoms with Crippen molar-refractivity contribution < 1.29 is 29.0 Å². The van der Waals surface area contributed by atoms with E-state index in [1.165, 1.54) is 0 Å². The van der Waals surface area contributed by atoms with Crippen molar-refractivity contribution in [1.82, 2.24) is 9.80 Å². The maximum absolute atomic E-state index is 14.8. The zero-order valence-corrected chi connectivity index (χ0v) is 23.4. The van der Waals surface area contributed by atoms with E-state index in [1.54, 1.807) is 17.9 Å². The number of esters is 1. The zero-order chi connectivity index (χ0) is 27.9. The molecule has 1 spiro atoms. The zero-order valence-electron chi connectivity index (χ0n) is 23.4. The number of hydrogen-bond donors (Lipinski definition) is 1. The summed E-state index contributed by atoms with van der Waals surface area (Å²) in [5.41, 5.74) is -1.38. The summed E-state index contributed by atoms with van der Waals surface area (Å²) in [7, 11) is 0. The molecular formula is C31H42N2O6. The van der Waals surface area contributed by atoms with Crippen LogP contribution in [-0.2, 0) is 23.9 Å². The van der Waals surface area contributed by atoms with Crippen LogP contribution in [-0.4, -0.2) is 75.7 Å². The largest absolute Gasteiger partial charge is 0.466 e. The molecule has 7 atom stereocenters. The van der Waals surface area contributed by atoms with Gasteiger partial charge in [-0.15, -0.1) is 6.58 Å². The Hall–Kier alpha value is -2.71. The summed E-state index contributed by atoms with van der Waals surface area (Å²) in [4.78, 5) is 46.1. The Morgan fingerprint density at radius 3 is 2.56 bits per heavy atom. The molecule has 1 aromatic rings. The van der Waals surface area contributed by atoms with Gasteiger partial charge in [-0.05, 0) is 44.6 Å². The van der Waals surface area contributed by atoms with Crippen LogP contribution < -0.4 is 0 Å². The second kappa shape index (κ2) is 10.7. The number of amides is 2. The molecule has 4 fully saturated rings. The van der Waals surface area contributed by atoms with E-state index in [9.17, 15) is 19.5 Å². The number of benzene rings is 1. The Morgan fingerprint density at radius 1 is 1.26 bits per heavy atom. The van der Waals surface area contributed by atoms with E-state index < -0.39 is 41.1 Å². The molecule has 1 aliphatic carbocycles. The molecule has 1 aromatic carbocycles. The fraction of sp³-hybridized carbons (Fsp3) is 0.645. The maximum Gasteiger partial charge on any atom is 0.312 e. The van der Waals surface area contributed by atoms with Crippen LogP contribution in [0.25, 0.3) is 0 Å². The van der Waals surface area contributed by atoms with Gasteiger partial charge >= 0.3 is 5.97 Å². The molecule has 0 aromatic heterocycles. The minimum atomic E-state index is -1.18. The highest BCUT2D eigenvalue weighted by molar-refractivity contribution is 5.99. The van der Waals surface area contributed by atoms with Crippen molar-refractivity contribution in [3.8, 4) is 0 Å². The third-order valence-electron chi connectivity index (χ3n) is 9.84. The number of nitrogens with zero attached hydrogens (tertiary/aromatic N) is 2. The third kappa shape index (κ3) is 4.22. The average Bonchev–Trinajstić information content (AvgIpc) is 3.45. The Morgan fingerprint density at radius 2 is 1.95 bits per heavy atom. The number of fused-ring (bicyclic) bond motifs is 1. The van der Waals surface area contributed by atoms with Crippen LogP contribution in [0.2, 0.25) is 0 Å². The van der Waals surface area contributed by atoms with Gasteiger partial charge < -0.3 is 24.4 Å². The third-order valence-corrected chi connectivity index (χ3v) is 9.84. The molecule has 3 aliphatic heterocycles. The van der Waals surface area contributed by atoms with Crippen LogP contribution in [0.1, 0.15) is 70.9 Å². The van der Waals surface area contributed by atoms with Gasteiger partial charge in [0.05, 0.1) is 30.8 Å². The molecule has 4 aliphatic rings. The predicted octanol–water partition coefficient (Wildman–Crippen LogP) is 3.64. The van der Waals surface area contributed by atoms with Crippen molar-refractivity contribution in [2.24, 2.45) is 17.8 Å². The first-order valence-electron chi connectivity index (χ1n) is 14.5. The van der Waals surface area contributed by atoms with Crippen molar-refractivity contribution in [1.29, 1.82) is 0 Å². The number of ether oxygens (including phenoxy) is 2. The highest BCUT2D eigenvalue weighted by Gasteiger charge is 2.81. The van der Waals surface area contributed by atoms with Gasteiger partial charge in [0.25, 0.3) is 0 Å². The maximum atomic E-state index is 14.8. The van der Waals surface area contributed by atoms with Crippen LogP contribution in [0.4, 0.5) is 0 Å². The fourth-order valence-electron chi connectivity index (χ4n) is 8.02. The lowest BCUT2D eigenvalue weighted by Crippen LogP contribution is -2.59. The molecule has 8 nitrogen and oxygen atoms in total. The number of aliphatic hydroxyl groups is 1. The lowest BCUT2D eigenvalue weighted by Gasteiger charge is -2.42. The summed E-state index contributed by atoms with van der Waals surface area (Å²) in [5.74, 6) is -2.73. The summed E-state index contributed by atoms with van der Waals surface area (Å²) in [5, 5.41) is 10.7. The minimum Gasteiger partial charge on any atom is -0.466 e. The molecule has 1 N–H and O–H groups in total. The van der Waals surface area contributed by atoms with Crippen LogP contribution in [0.15, 0.2) is 43.0 Å². The molecule has 5 rings (SSSR count). The Balaban J connectivity index is 1.65. The molecule has 212 valence electrons. The van der Waals surface area contributed by atoms with Gasteiger partial charge in [-0.2, -0.15) is 0 Å². The van der Waals surface area contributed by atoms with Gasteiger partial charge in [-0.25, -0.2) is 0 Å². The Bertz CT molecular complexity index is 1100. The molecule has 3 unspecified atom stereocenters. The number of hydrogen-bond acceptors (Lipinski definition) is 6. The van der Waals surface area contributed by atoms with E-state index in [-0.39, 0.29) is 37.0 Å². The monoisotopic (exact) mass is 538 g/mol. The van der Waals surface area contributed by atoms with E-state index in [2.05, 4.69) is 6.58 Å². The summed E-state index contributed by atoms with van der Waals surface area (Å²) in [6, 6.07) is 7.62. The second-order valence-electron chi connectivity index (χ2n) is 11.9. The Kier molecular flexibility index (Phi) is 7.63. The van der Waals surface area contributed by atoms with E-state index in [0.717, 1.165) is 37.7 Å². The highest BCUT2D eigenvalue weighted by atomic mass is 16.6. The van der Waals surface area contributed by atoms with Crippen LogP contribution in [0.5, 0.6) is 0 Å². The molecular weight excluding hydrogens is 496 g/mol. The summed E-state index contributed by atoms with van der Waals surface area (Å²) < 4.78 is 12.3. The molecule has 2 bridgehead atoms. The second-order valence-corrected chi connectivity index (χ2v) is 11.9. The van der Waals surface area contributed by atoms with Crippen molar-refractivity contribution >= 4 is 17.8 Å². The molecule has 8 heteroatoms. The van der Waals surface area contributed by atoms with Crippen LogP contribution in [0.3, 0.4) is 0 Å². The number of carbonyl (C=O) groups is 3. The van der Waals surface area contributed by atoms with Gasteiger partial charge in [0.15, 0.2) is 0 Å². The van der Waals surface area contributed by atoms with E-state index in [1.807, 2.05) is 49.1 Å². The average molecular weight is 539 g/mol. The van der Waals surface area contributed by atoms with Gasteiger partial charge in [-0.1, -0.05) is 62.6 Å². The SMILES string of the molecule is C=CCN(C(=O)C1N([C@H](CO)c2ccccc2)C(=O)[C@@H]2[C@@H](C(=O)OCC)[C@]3(C)OC12CC3C)C1CCCCC1. The fourth-order valence-corrected chi connectivity index (χ4v) is 8.02. The first-order chi connectivity index (χ1) is 18.7. The topological polar surface area (TPSA) is 96.4 Å². The molecule has 2 amide bonds. The first kappa shape index (κ1) is 27.8. The van der Waals surface area contributed by atoms with Crippen molar-refractivity contribution in [2.45, 2.75) is 88.6 Å². The lowest BCUT2D eigenvalue weighted by atomic mass is 9.62. The van der Waals surface area contributed by atoms with E-state index in [0.29, 0.717) is 13.0 Å². The van der Waals surface area contributed by atoms with Crippen LogP contribution >= 0.6 is 0 Å². The summed E-state index contributed by atoms with van der Waals surface area (Å²) in [6.07, 6.45) is 7.26. The summed E-state index contributed by atoms with van der Waals surface area (Å²) in [6.45, 7) is 9.78. The molecule has 39 heavy (non-hydrogen) atoms. The lowest BCUT2D eigenvalue weighted by molar-refractivity contribution is -0.164. The molecule has 3 saturated heterocycles. The van der Waals surface area contributed by atoms with E-state index in [4.69, 9.17) is 9.47 Å². The quantitative estimate of drug-likeness (QED) is 0.381. The van der Waals surface area contributed by atoms with Gasteiger partial charge in [0, 0.05) is 12.6 Å². The predicted molar refractivity (Wildman–Crippen MR) is 145 cm³/mol. The van der Waals surface area contributed by atoms with Gasteiger partial charge in [-0.3, -0.25) is 14.4 Å². The minimum absolute atomic E-state index is 0.0495. The summed E-state index contributed by atoms with van der Waals surface area (Å²) >= 11 is 0. The van der Waals surface area contributed by atoms with Crippen LogP contribution in [0, 0.1) is 17.8 Å². The standard InChI is InChI=1S/C31H42N2O6/c1-5-17-32(22-15-11-8-12-16-22)28(36)26-31-18-20(3)30(4,39-31)25(29(37)38-6-2)24(31)27(35)33(26)23(19-34)21-13-9-7-10-14-21/h5,7,9-10,13-14,20,22-26,34H,1,6,8,11-12,15-19H2,2-4H3/t20?,23-,24+,25+,26?,30-,31?/m1/s1. The highest BCUT2D eigenvalue weighted by Crippen LogP contribution is 2.66. The van der Waals surface area contributed by atoms with Crippen molar-refractivity contribution in [2.75, 3.05) is 19.8 Å². The number of likely N-dealkylation sites (tertiary alicyclic amines) is 1. The van der Waals surface area contributed by atoms with E-state index >= 15 is 0 Å². The normalized spacial score (nSPS) is 34.6. The molecule has 1 saturated carbocycles. The first-order valence-corrected chi connectivity index (χ1v) is 14.5. The number of carbonyl (C=O) groups excluding carboxylic acids is 3. The van der Waals surface area contributed by atoms with Crippen molar-refractivity contribution in [3.05, 3.63) is 48.6 Å². The molecule has 0 radical (unpaired) electrons. The number of rotatable bonds is 9. The molecule has 3 heterocycles.